The summed E-state index contributed by atoms with van der Waals surface area (Å²) in [4.78, 5) is 5.17. The van der Waals surface area contributed by atoms with Gasteiger partial charge in [-0.1, -0.05) is 69.0 Å². The molecule has 2 aromatic carbocycles. The predicted octanol–water partition coefficient (Wildman–Crippen LogP) is 7.14. The molecule has 2 aliphatic heterocycles. The van der Waals surface area contributed by atoms with Crippen LogP contribution in [-0.4, -0.2) is 9.55 Å². The Bertz CT molecular complexity index is 1050. The molecule has 0 N–H and O–H groups in total. The highest BCUT2D eigenvalue weighted by atomic mass is 15.1. The predicted molar refractivity (Wildman–Crippen MR) is 115 cm³/mol. The van der Waals surface area contributed by atoms with E-state index in [1.165, 1.54) is 78.2 Å². The molecule has 2 heterocycles. The molecule has 1 saturated carbocycles. The smallest absolute Gasteiger partial charge is 0.142 e. The van der Waals surface area contributed by atoms with Crippen molar-refractivity contribution in [1.29, 1.82) is 0 Å². The second-order valence-electron chi connectivity index (χ2n) is 8.09. The van der Waals surface area contributed by atoms with E-state index in [4.69, 9.17) is 4.98 Å². The minimum atomic E-state index is 0.579. The van der Waals surface area contributed by atoms with Gasteiger partial charge in [0.05, 0.1) is 11.0 Å². The Morgan fingerprint density at radius 3 is 2.48 bits per heavy atom. The lowest BCUT2D eigenvalue weighted by atomic mass is 9.91. The zero-order valence-corrected chi connectivity index (χ0v) is 16.2. The number of aryl methyl sites for hydroxylation is 1. The zero-order chi connectivity index (χ0) is 18.2. The second kappa shape index (κ2) is 6.99. The molecular formula is C25H28N2. The summed E-state index contributed by atoms with van der Waals surface area (Å²) in [5.41, 5.74) is 5.43. The summed E-state index contributed by atoms with van der Waals surface area (Å²) >= 11 is 0. The Kier molecular flexibility index (Phi) is 4.35. The van der Waals surface area contributed by atoms with Crippen molar-refractivity contribution in [1.82, 2.24) is 9.55 Å². The molecule has 3 aliphatic rings. The van der Waals surface area contributed by atoms with Crippen LogP contribution in [0.3, 0.4) is 0 Å². The maximum absolute atomic E-state index is 5.17. The molecule has 0 unspecified atom stereocenters. The number of hydrogen-bond acceptors (Lipinski definition) is 1. The van der Waals surface area contributed by atoms with Crippen LogP contribution in [0.1, 0.15) is 63.5 Å². The second-order valence-corrected chi connectivity index (χ2v) is 8.09. The van der Waals surface area contributed by atoms with E-state index in [1.807, 2.05) is 0 Å². The highest BCUT2D eigenvalue weighted by Gasteiger charge is 2.27. The van der Waals surface area contributed by atoms with E-state index in [-0.39, 0.29) is 0 Å². The molecule has 5 rings (SSSR count). The number of aromatic nitrogens is 2. The minimum absolute atomic E-state index is 0.579. The molecule has 2 nitrogen and oxygen atoms in total. The van der Waals surface area contributed by atoms with Gasteiger partial charge in [-0.05, 0) is 43.4 Å². The lowest BCUT2D eigenvalue weighted by Crippen LogP contribution is -2.17. The normalized spacial score (nSPS) is 15.9. The monoisotopic (exact) mass is 356 g/mol. The van der Waals surface area contributed by atoms with Crippen LogP contribution in [0.15, 0.2) is 48.5 Å². The van der Waals surface area contributed by atoms with Gasteiger partial charge < -0.3 is 4.57 Å². The topological polar surface area (TPSA) is 17.8 Å². The number of benzene rings is 2. The Labute approximate surface area is 161 Å². The third-order valence-electron chi connectivity index (χ3n) is 6.36. The molecule has 0 aromatic heterocycles. The summed E-state index contributed by atoms with van der Waals surface area (Å²) in [5.74, 6) is 1.22. The molecule has 2 heteroatoms. The molecule has 1 fully saturated rings. The summed E-state index contributed by atoms with van der Waals surface area (Å²) < 4.78 is 2.60. The number of rotatable bonds is 4. The van der Waals surface area contributed by atoms with Gasteiger partial charge in [0.25, 0.3) is 0 Å². The summed E-state index contributed by atoms with van der Waals surface area (Å²) in [6, 6.07) is 18.3. The van der Waals surface area contributed by atoms with Crippen molar-refractivity contribution < 1.29 is 0 Å². The van der Waals surface area contributed by atoms with Gasteiger partial charge >= 0.3 is 0 Å². The van der Waals surface area contributed by atoms with Crippen molar-refractivity contribution in [2.75, 3.05) is 0 Å². The number of unbranched alkanes of at least 4 members (excludes halogenated alkanes) is 1. The van der Waals surface area contributed by atoms with Gasteiger partial charge in [0.1, 0.15) is 5.82 Å². The third kappa shape index (κ3) is 2.74. The van der Waals surface area contributed by atoms with E-state index in [0.29, 0.717) is 6.04 Å². The Balaban J connectivity index is 1.89. The Hall–Kier alpha value is -2.35. The van der Waals surface area contributed by atoms with Gasteiger partial charge in [-0.2, -0.15) is 0 Å². The molecular weight excluding hydrogens is 328 g/mol. The van der Waals surface area contributed by atoms with Gasteiger partial charge in [0, 0.05) is 22.4 Å². The largest absolute Gasteiger partial charge is 0.322 e. The van der Waals surface area contributed by atoms with Gasteiger partial charge in [-0.3, -0.25) is 0 Å². The van der Waals surface area contributed by atoms with Crippen LogP contribution >= 0.6 is 0 Å². The van der Waals surface area contributed by atoms with E-state index in [1.54, 1.807) is 0 Å². The highest BCUT2D eigenvalue weighted by molar-refractivity contribution is 6.03. The van der Waals surface area contributed by atoms with E-state index in [2.05, 4.69) is 60.0 Å². The van der Waals surface area contributed by atoms with Gasteiger partial charge in [0.2, 0.25) is 0 Å². The lowest BCUT2D eigenvalue weighted by molar-refractivity contribution is 0.360. The Morgan fingerprint density at radius 1 is 0.926 bits per heavy atom. The maximum atomic E-state index is 5.17. The molecule has 0 amide bonds. The fourth-order valence-electron chi connectivity index (χ4n) is 5.05. The van der Waals surface area contributed by atoms with E-state index in [9.17, 15) is 0 Å². The molecule has 27 heavy (non-hydrogen) atoms. The first-order valence-corrected chi connectivity index (χ1v) is 10.7. The van der Waals surface area contributed by atoms with E-state index >= 15 is 0 Å². The molecule has 138 valence electrons. The SMILES string of the molecule is CCCCc1c2c3ccccc3nc-2n(C2CCCCC2)c2ccccc12. The summed E-state index contributed by atoms with van der Waals surface area (Å²) in [7, 11) is 0. The maximum Gasteiger partial charge on any atom is 0.142 e. The number of fused-ring (bicyclic) bond motifs is 4. The van der Waals surface area contributed by atoms with Crippen LogP contribution in [0.5, 0.6) is 0 Å². The van der Waals surface area contributed by atoms with Gasteiger partial charge in [0.15, 0.2) is 0 Å². The van der Waals surface area contributed by atoms with Crippen LogP contribution < -0.4 is 0 Å². The van der Waals surface area contributed by atoms with Crippen molar-refractivity contribution >= 4 is 21.8 Å². The standard InChI is InChI=1S/C25H28N2/c1-2-3-13-20-19-14-8-10-17-23(19)27(18-11-5-4-6-12-18)25-24(20)21-15-7-9-16-22(21)26-25/h7-10,14-18H,2-6,11-13H2,1H3. The zero-order valence-electron chi connectivity index (χ0n) is 16.2. The third-order valence-corrected chi connectivity index (χ3v) is 6.36. The fourth-order valence-corrected chi connectivity index (χ4v) is 5.05. The molecule has 2 aromatic rings. The minimum Gasteiger partial charge on any atom is -0.322 e. The first-order chi connectivity index (χ1) is 13.4. The van der Waals surface area contributed by atoms with Crippen LogP contribution in [0.2, 0.25) is 0 Å². The van der Waals surface area contributed by atoms with Crippen molar-refractivity contribution in [3.05, 3.63) is 54.1 Å². The lowest BCUT2D eigenvalue weighted by Gasteiger charge is -2.30. The van der Waals surface area contributed by atoms with Crippen molar-refractivity contribution in [3.63, 3.8) is 0 Å². The van der Waals surface area contributed by atoms with E-state index in [0.717, 1.165) is 11.9 Å². The van der Waals surface area contributed by atoms with Crippen molar-refractivity contribution in [3.8, 4) is 11.4 Å². The van der Waals surface area contributed by atoms with Crippen LogP contribution in [0, 0.1) is 0 Å². The number of hydrogen-bond donors (Lipinski definition) is 0. The Morgan fingerprint density at radius 2 is 1.67 bits per heavy atom. The first-order valence-electron chi connectivity index (χ1n) is 10.7. The fraction of sp³-hybridized carbons (Fsp3) is 0.400. The van der Waals surface area contributed by atoms with Crippen LogP contribution in [0.25, 0.3) is 33.2 Å². The number of nitrogens with zero attached hydrogens (tertiary/aromatic N) is 2. The molecule has 1 aliphatic carbocycles. The van der Waals surface area contributed by atoms with Gasteiger partial charge in [-0.25, -0.2) is 4.98 Å². The highest BCUT2D eigenvalue weighted by Crippen LogP contribution is 2.43. The van der Waals surface area contributed by atoms with E-state index < -0.39 is 0 Å². The number of para-hydroxylation sites is 2. The van der Waals surface area contributed by atoms with Crippen LogP contribution in [-0.2, 0) is 6.42 Å². The first kappa shape index (κ1) is 16.8. The quantitative estimate of drug-likeness (QED) is 0.380. The summed E-state index contributed by atoms with van der Waals surface area (Å²) in [6.45, 7) is 2.28. The molecule has 0 saturated heterocycles. The van der Waals surface area contributed by atoms with Gasteiger partial charge in [-0.15, -0.1) is 0 Å². The molecule has 0 radical (unpaired) electrons. The number of pyridine rings is 1. The van der Waals surface area contributed by atoms with Crippen LogP contribution in [0.4, 0.5) is 0 Å². The summed E-state index contributed by atoms with van der Waals surface area (Å²) in [6.07, 6.45) is 10.2. The molecule has 0 spiro atoms. The molecule has 0 bridgehead atoms. The van der Waals surface area contributed by atoms with Crippen molar-refractivity contribution in [2.24, 2.45) is 0 Å². The average Bonchev–Trinajstić information content (AvgIpc) is 3.11. The van der Waals surface area contributed by atoms with Crippen molar-refractivity contribution in [2.45, 2.75) is 64.3 Å². The average molecular weight is 357 g/mol. The summed E-state index contributed by atoms with van der Waals surface area (Å²) in [5, 5.41) is 2.76. The molecule has 0 atom stereocenters.